The quantitative estimate of drug-likeness (QED) is 0.419. The fraction of sp³-hybridized carbons (Fsp3) is 0.462. The van der Waals surface area contributed by atoms with Crippen molar-refractivity contribution in [1.29, 1.82) is 0 Å². The Labute approximate surface area is 112 Å². The van der Waals surface area contributed by atoms with Gasteiger partial charge < -0.3 is 11.1 Å². The number of nitrogens with zero attached hydrogens (tertiary/aromatic N) is 1. The fourth-order valence-electron chi connectivity index (χ4n) is 1.74. The van der Waals surface area contributed by atoms with Gasteiger partial charge in [0.05, 0.1) is 4.92 Å². The van der Waals surface area contributed by atoms with Crippen molar-refractivity contribution in [3.63, 3.8) is 0 Å². The van der Waals surface area contributed by atoms with Gasteiger partial charge in [0.1, 0.15) is 0 Å². The molecule has 1 atom stereocenters. The SMILES string of the molecule is CCC(CNCCc1ccc([N+](=O)[O-])cc1)C(N)=O. The number of carbonyl (C=O) groups excluding carboxylic acids is 1. The van der Waals surface area contributed by atoms with E-state index >= 15 is 0 Å². The number of nitro groups is 1. The van der Waals surface area contributed by atoms with Crippen LogP contribution in [-0.4, -0.2) is 23.9 Å². The lowest BCUT2D eigenvalue weighted by atomic mass is 10.1. The Balaban J connectivity index is 2.33. The summed E-state index contributed by atoms with van der Waals surface area (Å²) in [5.74, 6) is -0.429. The normalized spacial score (nSPS) is 12.1. The minimum Gasteiger partial charge on any atom is -0.369 e. The Morgan fingerprint density at radius 3 is 2.53 bits per heavy atom. The van der Waals surface area contributed by atoms with Crippen molar-refractivity contribution in [1.82, 2.24) is 5.32 Å². The summed E-state index contributed by atoms with van der Waals surface area (Å²) < 4.78 is 0. The van der Waals surface area contributed by atoms with Gasteiger partial charge in [-0.3, -0.25) is 14.9 Å². The van der Waals surface area contributed by atoms with E-state index in [1.54, 1.807) is 12.1 Å². The Morgan fingerprint density at radius 2 is 2.05 bits per heavy atom. The number of nitrogens with two attached hydrogens (primary N) is 1. The predicted octanol–water partition coefficient (Wildman–Crippen LogP) is 1.24. The van der Waals surface area contributed by atoms with Gasteiger partial charge in [-0.2, -0.15) is 0 Å². The summed E-state index contributed by atoms with van der Waals surface area (Å²) in [5.41, 5.74) is 6.36. The lowest BCUT2D eigenvalue weighted by Crippen LogP contribution is -2.33. The average Bonchev–Trinajstić information content (AvgIpc) is 2.38. The number of carbonyl (C=O) groups is 1. The molecule has 0 aromatic heterocycles. The molecule has 0 saturated carbocycles. The molecular weight excluding hydrogens is 246 g/mol. The molecule has 0 bridgehead atoms. The maximum Gasteiger partial charge on any atom is 0.269 e. The molecule has 1 amide bonds. The van der Waals surface area contributed by atoms with Gasteiger partial charge in [0.15, 0.2) is 0 Å². The molecule has 6 nitrogen and oxygen atoms in total. The predicted molar refractivity (Wildman–Crippen MR) is 72.6 cm³/mol. The van der Waals surface area contributed by atoms with E-state index < -0.39 is 4.92 Å². The summed E-state index contributed by atoms with van der Waals surface area (Å²) in [6, 6.07) is 6.47. The van der Waals surface area contributed by atoms with E-state index in [4.69, 9.17) is 5.73 Å². The van der Waals surface area contributed by atoms with Crippen molar-refractivity contribution < 1.29 is 9.72 Å². The van der Waals surface area contributed by atoms with Crippen LogP contribution in [0.4, 0.5) is 5.69 Å². The van der Waals surface area contributed by atoms with E-state index in [1.807, 2.05) is 6.92 Å². The van der Waals surface area contributed by atoms with Gasteiger partial charge in [-0.25, -0.2) is 0 Å². The molecule has 6 heteroatoms. The number of hydrogen-bond acceptors (Lipinski definition) is 4. The first-order valence-electron chi connectivity index (χ1n) is 6.28. The van der Waals surface area contributed by atoms with Crippen LogP contribution in [0.1, 0.15) is 18.9 Å². The average molecular weight is 265 g/mol. The number of nitro benzene ring substituents is 1. The van der Waals surface area contributed by atoms with Gasteiger partial charge in [0.25, 0.3) is 5.69 Å². The Bertz CT molecular complexity index is 431. The summed E-state index contributed by atoms with van der Waals surface area (Å²) in [6.07, 6.45) is 1.48. The second kappa shape index (κ2) is 7.48. The number of non-ortho nitro benzene ring substituents is 1. The highest BCUT2D eigenvalue weighted by atomic mass is 16.6. The lowest BCUT2D eigenvalue weighted by Gasteiger charge is -2.11. The van der Waals surface area contributed by atoms with Crippen LogP contribution in [-0.2, 0) is 11.2 Å². The molecule has 0 spiro atoms. The van der Waals surface area contributed by atoms with Crippen LogP contribution >= 0.6 is 0 Å². The monoisotopic (exact) mass is 265 g/mol. The standard InChI is InChI=1S/C13H19N3O3/c1-2-11(13(14)17)9-15-8-7-10-3-5-12(6-4-10)16(18)19/h3-6,11,15H,2,7-9H2,1H3,(H2,14,17). The van der Waals surface area contributed by atoms with Gasteiger partial charge in [-0.1, -0.05) is 19.1 Å². The van der Waals surface area contributed by atoms with Crippen LogP contribution in [0.2, 0.25) is 0 Å². The zero-order valence-electron chi connectivity index (χ0n) is 11.0. The van der Waals surface area contributed by atoms with E-state index in [1.165, 1.54) is 12.1 Å². The van der Waals surface area contributed by atoms with Crippen LogP contribution in [0.15, 0.2) is 24.3 Å². The topological polar surface area (TPSA) is 98.3 Å². The highest BCUT2D eigenvalue weighted by Crippen LogP contribution is 2.11. The molecule has 1 aromatic rings. The number of amides is 1. The number of primary amides is 1. The molecule has 104 valence electrons. The summed E-state index contributed by atoms with van der Waals surface area (Å²) in [7, 11) is 0. The highest BCUT2D eigenvalue weighted by molar-refractivity contribution is 5.76. The first-order valence-corrected chi connectivity index (χ1v) is 6.28. The summed E-state index contributed by atoms with van der Waals surface area (Å²) in [4.78, 5) is 21.1. The number of nitrogens with one attached hydrogen (secondary N) is 1. The van der Waals surface area contributed by atoms with Crippen molar-refractivity contribution in [2.24, 2.45) is 11.7 Å². The fourth-order valence-corrected chi connectivity index (χ4v) is 1.74. The van der Waals surface area contributed by atoms with Crippen LogP contribution in [0.3, 0.4) is 0 Å². The lowest BCUT2D eigenvalue weighted by molar-refractivity contribution is -0.384. The third kappa shape index (κ3) is 5.05. The van der Waals surface area contributed by atoms with Crippen LogP contribution in [0, 0.1) is 16.0 Å². The number of rotatable bonds is 8. The molecule has 0 saturated heterocycles. The maximum atomic E-state index is 11.0. The minimum absolute atomic E-state index is 0.0940. The van der Waals surface area contributed by atoms with Crippen molar-refractivity contribution in [3.05, 3.63) is 39.9 Å². The van der Waals surface area contributed by atoms with Crippen molar-refractivity contribution in [3.8, 4) is 0 Å². The Kier molecular flexibility index (Phi) is 5.95. The van der Waals surface area contributed by atoms with Gasteiger partial charge >= 0.3 is 0 Å². The minimum atomic E-state index is -0.416. The number of benzene rings is 1. The zero-order valence-corrected chi connectivity index (χ0v) is 11.0. The maximum absolute atomic E-state index is 11.0. The molecule has 1 unspecified atom stereocenters. The van der Waals surface area contributed by atoms with Crippen molar-refractivity contribution >= 4 is 11.6 Å². The van der Waals surface area contributed by atoms with E-state index in [2.05, 4.69) is 5.32 Å². The van der Waals surface area contributed by atoms with Gasteiger partial charge in [0, 0.05) is 24.6 Å². The summed E-state index contributed by atoms with van der Waals surface area (Å²) >= 11 is 0. The molecule has 0 aliphatic carbocycles. The van der Waals surface area contributed by atoms with Crippen LogP contribution < -0.4 is 11.1 Å². The Hall–Kier alpha value is -1.95. The Morgan fingerprint density at radius 1 is 1.42 bits per heavy atom. The second-order valence-corrected chi connectivity index (χ2v) is 4.39. The highest BCUT2D eigenvalue weighted by Gasteiger charge is 2.11. The van der Waals surface area contributed by atoms with Crippen LogP contribution in [0.25, 0.3) is 0 Å². The summed E-state index contributed by atoms with van der Waals surface area (Å²) in [5, 5.41) is 13.7. The molecule has 0 heterocycles. The van der Waals surface area contributed by atoms with E-state index in [-0.39, 0.29) is 17.5 Å². The molecule has 0 aliphatic heterocycles. The zero-order chi connectivity index (χ0) is 14.3. The molecule has 0 aliphatic rings. The third-order valence-corrected chi connectivity index (χ3v) is 3.02. The molecule has 19 heavy (non-hydrogen) atoms. The first kappa shape index (κ1) is 15.1. The largest absolute Gasteiger partial charge is 0.369 e. The van der Waals surface area contributed by atoms with E-state index in [0.29, 0.717) is 13.1 Å². The van der Waals surface area contributed by atoms with Gasteiger partial charge in [-0.15, -0.1) is 0 Å². The van der Waals surface area contributed by atoms with Crippen molar-refractivity contribution in [2.45, 2.75) is 19.8 Å². The molecule has 3 N–H and O–H groups in total. The molecule has 0 radical (unpaired) electrons. The summed E-state index contributed by atoms with van der Waals surface area (Å²) in [6.45, 7) is 3.20. The molecule has 0 fully saturated rings. The number of hydrogen-bond donors (Lipinski definition) is 2. The van der Waals surface area contributed by atoms with Gasteiger partial charge in [0.2, 0.25) is 5.91 Å². The smallest absolute Gasteiger partial charge is 0.269 e. The molecule has 1 rings (SSSR count). The van der Waals surface area contributed by atoms with Crippen LogP contribution in [0.5, 0.6) is 0 Å². The third-order valence-electron chi connectivity index (χ3n) is 3.02. The van der Waals surface area contributed by atoms with E-state index in [0.717, 1.165) is 18.4 Å². The van der Waals surface area contributed by atoms with Crippen molar-refractivity contribution in [2.75, 3.05) is 13.1 Å². The second-order valence-electron chi connectivity index (χ2n) is 4.39. The van der Waals surface area contributed by atoms with E-state index in [9.17, 15) is 14.9 Å². The molecule has 1 aromatic carbocycles. The molecular formula is C13H19N3O3. The van der Waals surface area contributed by atoms with Gasteiger partial charge in [-0.05, 0) is 24.9 Å². The first-order chi connectivity index (χ1) is 9.04.